The highest BCUT2D eigenvalue weighted by Gasteiger charge is 2.82. The molecular weight excluding hydrogens is 620 g/mol. The summed E-state index contributed by atoms with van der Waals surface area (Å²) in [6.07, 6.45) is -9.42. The fraction of sp³-hybridized carbons (Fsp3) is 0.733. The van der Waals surface area contributed by atoms with Crippen LogP contribution in [0.1, 0.15) is 54.9 Å². The maximum atomic E-state index is 13.4. The Morgan fingerprint density at radius 2 is 1.36 bits per heavy atom. The first kappa shape index (κ1) is 33.1. The summed E-state index contributed by atoms with van der Waals surface area (Å²) in [4.78, 5) is 76.9. The van der Waals surface area contributed by atoms with E-state index in [2.05, 4.69) is 6.58 Å². The molecule has 1 aliphatic carbocycles. The summed E-state index contributed by atoms with van der Waals surface area (Å²) in [7, 11) is 0. The van der Waals surface area contributed by atoms with Gasteiger partial charge in [0, 0.05) is 47.0 Å². The number of carbonyl (C=O) groups excluding carboxylic acids is 6. The van der Waals surface area contributed by atoms with E-state index in [0.29, 0.717) is 0 Å². The second kappa shape index (κ2) is 11.2. The highest BCUT2D eigenvalue weighted by atomic mass is 35.5. The summed E-state index contributed by atoms with van der Waals surface area (Å²) in [6, 6.07) is 0. The van der Waals surface area contributed by atoms with Gasteiger partial charge in [-0.3, -0.25) is 28.8 Å². The van der Waals surface area contributed by atoms with Crippen LogP contribution in [0.3, 0.4) is 0 Å². The Kier molecular flexibility index (Phi) is 8.27. The van der Waals surface area contributed by atoms with Gasteiger partial charge in [0.2, 0.25) is 0 Å². The number of ether oxygens (including phenoxy) is 8. The Labute approximate surface area is 264 Å². The Morgan fingerprint density at radius 1 is 0.844 bits per heavy atom. The van der Waals surface area contributed by atoms with Crippen LogP contribution in [-0.2, 0) is 66.7 Å². The molecule has 0 radical (unpaired) electrons. The average molecular weight is 657 g/mol. The van der Waals surface area contributed by atoms with Crippen LogP contribution in [0, 0.1) is 17.3 Å². The van der Waals surface area contributed by atoms with Crippen molar-refractivity contribution >= 4 is 47.4 Å². The maximum absolute atomic E-state index is 13.4. The predicted octanol–water partition coefficient (Wildman–Crippen LogP) is 1.32. The van der Waals surface area contributed by atoms with Gasteiger partial charge >= 0.3 is 35.8 Å². The van der Waals surface area contributed by atoms with E-state index in [9.17, 15) is 28.8 Å². The molecule has 5 fully saturated rings. The van der Waals surface area contributed by atoms with E-state index < -0.39 is 112 Å². The molecule has 1 saturated carbocycles. The minimum Gasteiger partial charge on any atom is -0.462 e. The normalized spacial score (nSPS) is 44.6. The third kappa shape index (κ3) is 4.99. The summed E-state index contributed by atoms with van der Waals surface area (Å²) in [5.41, 5.74) is -4.78. The second-order valence-electron chi connectivity index (χ2n) is 12.6. The van der Waals surface area contributed by atoms with Crippen molar-refractivity contribution in [1.29, 1.82) is 0 Å². The molecule has 4 saturated heterocycles. The van der Waals surface area contributed by atoms with E-state index in [1.165, 1.54) is 20.8 Å². The molecule has 2 spiro atoms. The van der Waals surface area contributed by atoms with Gasteiger partial charge < -0.3 is 37.9 Å². The van der Waals surface area contributed by atoms with E-state index in [4.69, 9.17) is 49.5 Å². The van der Waals surface area contributed by atoms with Crippen molar-refractivity contribution in [2.75, 3.05) is 6.61 Å². The smallest absolute Gasteiger partial charge is 0.312 e. The number of hydrogen-bond donors (Lipinski definition) is 0. The van der Waals surface area contributed by atoms with Crippen molar-refractivity contribution in [2.45, 2.75) is 114 Å². The van der Waals surface area contributed by atoms with E-state index >= 15 is 0 Å². The van der Waals surface area contributed by atoms with Gasteiger partial charge in [-0.25, -0.2) is 0 Å². The summed E-state index contributed by atoms with van der Waals surface area (Å²) in [6.45, 7) is 13.0. The van der Waals surface area contributed by atoms with E-state index in [1.807, 2.05) is 0 Å². The quantitative estimate of drug-likeness (QED) is 0.136. The molecule has 4 aliphatic heterocycles. The van der Waals surface area contributed by atoms with Gasteiger partial charge in [0.1, 0.15) is 30.0 Å². The zero-order valence-electron chi connectivity index (χ0n) is 26.0. The number of alkyl halides is 1. The lowest BCUT2D eigenvalue weighted by molar-refractivity contribution is -0.315. The predicted molar refractivity (Wildman–Crippen MR) is 148 cm³/mol. The number of esters is 6. The number of halogens is 1. The van der Waals surface area contributed by atoms with Crippen LogP contribution < -0.4 is 0 Å². The average Bonchev–Trinajstić information content (AvgIpc) is 3.66. The lowest BCUT2D eigenvalue weighted by Crippen LogP contribution is -2.78. The van der Waals surface area contributed by atoms with Crippen LogP contribution in [0.2, 0.25) is 0 Å². The molecule has 13 atom stereocenters. The van der Waals surface area contributed by atoms with Crippen molar-refractivity contribution in [3.05, 3.63) is 12.2 Å². The number of hydrogen-bond acceptors (Lipinski definition) is 14. The Hall–Kier alpha value is -3.23. The fourth-order valence-corrected chi connectivity index (χ4v) is 8.47. The third-order valence-corrected chi connectivity index (χ3v) is 10.3. The molecule has 0 amide bonds. The standard InChI is InChI=1S/C30H37ClO14/c1-11-20(31)24-30(12(2)27(37)44-24)26(43-17(7)36)23-28(8,25(42-16(6)35)22(21(11)45-30)41-15(5)34)18(39-13(3)32)9-19(40-14(4)33)29(23)10-38-29/h12,18-26H,1,9-10H2,2-8H3/t12-,18-,19+,20-,21-,22+,23+,24-,25-,26-,28-,29+,30-/m0/s1. The zero-order chi connectivity index (χ0) is 33.4. The molecule has 0 N–H and O–H groups in total. The molecule has 4 heterocycles. The minimum absolute atomic E-state index is 0.0366. The molecule has 0 aromatic heterocycles. The van der Waals surface area contributed by atoms with E-state index in [1.54, 1.807) is 6.92 Å². The van der Waals surface area contributed by atoms with Crippen LogP contribution in [0.25, 0.3) is 0 Å². The molecule has 5 aliphatic rings. The van der Waals surface area contributed by atoms with Gasteiger partial charge in [0.25, 0.3) is 0 Å². The number of fused-ring (bicyclic) bond motifs is 3. The van der Waals surface area contributed by atoms with Gasteiger partial charge in [-0.1, -0.05) is 13.5 Å². The monoisotopic (exact) mass is 656 g/mol. The number of rotatable bonds is 5. The Bertz CT molecular complexity index is 1340. The van der Waals surface area contributed by atoms with Crippen molar-refractivity contribution in [3.63, 3.8) is 0 Å². The van der Waals surface area contributed by atoms with Crippen LogP contribution in [0.4, 0.5) is 0 Å². The third-order valence-electron chi connectivity index (χ3n) is 9.84. The molecular formula is C30H37ClO14. The van der Waals surface area contributed by atoms with Crippen LogP contribution in [0.15, 0.2) is 12.2 Å². The molecule has 0 unspecified atom stereocenters. The second-order valence-corrected chi connectivity index (χ2v) is 13.1. The van der Waals surface area contributed by atoms with Crippen LogP contribution in [-0.4, -0.2) is 102 Å². The van der Waals surface area contributed by atoms with Crippen molar-refractivity contribution in [3.8, 4) is 0 Å². The molecule has 45 heavy (non-hydrogen) atoms. The largest absolute Gasteiger partial charge is 0.462 e. The first-order chi connectivity index (χ1) is 20.9. The van der Waals surface area contributed by atoms with E-state index in [-0.39, 0.29) is 18.6 Å². The highest BCUT2D eigenvalue weighted by Crippen LogP contribution is 2.66. The van der Waals surface area contributed by atoms with Crippen molar-refractivity contribution in [2.24, 2.45) is 17.3 Å². The van der Waals surface area contributed by atoms with Crippen LogP contribution in [0.5, 0.6) is 0 Å². The molecule has 2 bridgehead atoms. The minimum atomic E-state index is -1.86. The van der Waals surface area contributed by atoms with E-state index in [0.717, 1.165) is 20.8 Å². The summed E-state index contributed by atoms with van der Waals surface area (Å²) in [5, 5.41) is -1.15. The van der Waals surface area contributed by atoms with Gasteiger partial charge in [-0.2, -0.15) is 0 Å². The van der Waals surface area contributed by atoms with Crippen molar-refractivity contribution in [1.82, 2.24) is 0 Å². The summed E-state index contributed by atoms with van der Waals surface area (Å²) < 4.78 is 48.2. The van der Waals surface area contributed by atoms with Gasteiger partial charge in [0.15, 0.2) is 23.9 Å². The molecule has 0 aromatic carbocycles. The van der Waals surface area contributed by atoms with Gasteiger partial charge in [-0.15, -0.1) is 11.6 Å². The molecule has 5 rings (SSSR count). The Morgan fingerprint density at radius 3 is 1.87 bits per heavy atom. The fourth-order valence-electron chi connectivity index (χ4n) is 8.10. The summed E-state index contributed by atoms with van der Waals surface area (Å²) >= 11 is 6.95. The molecule has 15 heteroatoms. The maximum Gasteiger partial charge on any atom is 0.312 e. The molecule has 0 aromatic rings. The highest BCUT2D eigenvalue weighted by molar-refractivity contribution is 6.23. The lowest BCUT2D eigenvalue weighted by atomic mass is 9.50. The summed E-state index contributed by atoms with van der Waals surface area (Å²) in [5.74, 6) is -6.81. The Balaban J connectivity index is 1.90. The molecule has 248 valence electrons. The number of epoxide rings is 1. The van der Waals surface area contributed by atoms with Gasteiger partial charge in [0.05, 0.1) is 23.3 Å². The molecule has 14 nitrogen and oxygen atoms in total. The number of carbonyl (C=O) groups is 6. The lowest BCUT2D eigenvalue weighted by Gasteiger charge is -2.63. The first-order valence-corrected chi connectivity index (χ1v) is 15.1. The van der Waals surface area contributed by atoms with Gasteiger partial charge in [-0.05, 0) is 12.5 Å². The zero-order valence-corrected chi connectivity index (χ0v) is 26.7. The van der Waals surface area contributed by atoms with Crippen molar-refractivity contribution < 1.29 is 66.7 Å². The SMILES string of the molecule is C=C1[C@H](Cl)[C@@H]2OC(=O)[C@H](C)[C@]23O[C@@H]1[C@@H](OC(C)=O)[C@H](OC(C)=O)[C@@]1(C)[C@@H](OC(C)=O)C[C@@H](OC(C)=O)[C@]2(CO2)[C@@H]1[C@@H]3OC(C)=O. The van der Waals surface area contributed by atoms with Crippen LogP contribution >= 0.6 is 11.6 Å². The first-order valence-electron chi connectivity index (χ1n) is 14.6. The topological polar surface area (TPSA) is 180 Å².